The van der Waals surface area contributed by atoms with Gasteiger partial charge in [0, 0.05) is 6.04 Å². The van der Waals surface area contributed by atoms with Gasteiger partial charge in [0.25, 0.3) is 0 Å². The maximum atomic E-state index is 5.93. The van der Waals surface area contributed by atoms with Crippen molar-refractivity contribution in [1.82, 2.24) is 0 Å². The number of hydrogen-bond acceptors (Lipinski definition) is 1. The highest BCUT2D eigenvalue weighted by Crippen LogP contribution is 2.28. The van der Waals surface area contributed by atoms with Gasteiger partial charge in [-0.05, 0) is 31.3 Å². The van der Waals surface area contributed by atoms with Crippen molar-refractivity contribution in [3.63, 3.8) is 0 Å². The Morgan fingerprint density at radius 2 is 1.88 bits per heavy atom. The Morgan fingerprint density at radius 3 is 2.19 bits per heavy atom. The minimum Gasteiger partial charge on any atom is -0.327 e. The molecule has 0 amide bonds. The predicted octanol–water partition coefficient (Wildman–Crippen LogP) is 4.46. The zero-order valence-electron chi connectivity index (χ0n) is 11.9. The SMILES string of the molecule is C=C/C=C(\C=C/C)CC(C)(C)C(C)N.CC. The van der Waals surface area contributed by atoms with Crippen LogP contribution >= 0.6 is 0 Å². The van der Waals surface area contributed by atoms with Crippen LogP contribution in [0.25, 0.3) is 0 Å². The molecule has 0 bridgehead atoms. The van der Waals surface area contributed by atoms with Gasteiger partial charge in [-0.25, -0.2) is 0 Å². The summed E-state index contributed by atoms with van der Waals surface area (Å²) >= 11 is 0. The van der Waals surface area contributed by atoms with Crippen LogP contribution in [0.4, 0.5) is 0 Å². The molecule has 0 rings (SSSR count). The largest absolute Gasteiger partial charge is 0.327 e. The lowest BCUT2D eigenvalue weighted by molar-refractivity contribution is 0.301. The van der Waals surface area contributed by atoms with Crippen molar-refractivity contribution in [2.75, 3.05) is 0 Å². The molecule has 1 heteroatoms. The van der Waals surface area contributed by atoms with Crippen LogP contribution < -0.4 is 5.73 Å². The van der Waals surface area contributed by atoms with Crippen LogP contribution in [0, 0.1) is 5.41 Å². The fraction of sp³-hybridized carbons (Fsp3) is 0.600. The normalized spacial score (nSPS) is 14.3. The van der Waals surface area contributed by atoms with E-state index in [1.165, 1.54) is 5.57 Å². The highest BCUT2D eigenvalue weighted by atomic mass is 14.7. The summed E-state index contributed by atoms with van der Waals surface area (Å²) in [5, 5.41) is 0. The van der Waals surface area contributed by atoms with Crippen LogP contribution in [0.15, 0.2) is 36.5 Å². The van der Waals surface area contributed by atoms with Gasteiger partial charge in [0.2, 0.25) is 0 Å². The van der Waals surface area contributed by atoms with Gasteiger partial charge in [-0.2, -0.15) is 0 Å². The van der Waals surface area contributed by atoms with Gasteiger partial charge >= 0.3 is 0 Å². The van der Waals surface area contributed by atoms with E-state index in [1.807, 2.05) is 39.0 Å². The molecular formula is C15H29N. The molecule has 0 saturated carbocycles. The zero-order valence-corrected chi connectivity index (χ0v) is 11.9. The standard InChI is InChI=1S/C13H23N.C2H6/c1-6-8-12(9-7-2)10-13(4,5)11(3)14;1-2/h6-9,11H,1,10,14H2,2-5H3;1-2H3/b9-7-,12-8+;. The van der Waals surface area contributed by atoms with E-state index in [0.717, 1.165) is 6.42 Å². The van der Waals surface area contributed by atoms with Crippen molar-refractivity contribution in [3.05, 3.63) is 36.5 Å². The first-order valence-electron chi connectivity index (χ1n) is 6.14. The van der Waals surface area contributed by atoms with Gasteiger partial charge < -0.3 is 5.73 Å². The topological polar surface area (TPSA) is 26.0 Å². The monoisotopic (exact) mass is 223 g/mol. The quantitative estimate of drug-likeness (QED) is 0.684. The first-order chi connectivity index (χ1) is 7.44. The fourth-order valence-corrected chi connectivity index (χ4v) is 1.23. The molecular weight excluding hydrogens is 194 g/mol. The van der Waals surface area contributed by atoms with Crippen molar-refractivity contribution >= 4 is 0 Å². The molecule has 0 aromatic rings. The Bertz CT molecular complexity index is 232. The number of rotatable bonds is 5. The number of allylic oxidation sites excluding steroid dienone is 5. The summed E-state index contributed by atoms with van der Waals surface area (Å²) in [6, 6.07) is 0.195. The molecule has 0 saturated heterocycles. The Morgan fingerprint density at radius 1 is 1.38 bits per heavy atom. The van der Waals surface area contributed by atoms with Crippen LogP contribution in [0.2, 0.25) is 0 Å². The van der Waals surface area contributed by atoms with E-state index in [9.17, 15) is 0 Å². The summed E-state index contributed by atoms with van der Waals surface area (Å²) in [6.07, 6.45) is 9.02. The maximum Gasteiger partial charge on any atom is 0.00649 e. The van der Waals surface area contributed by atoms with Gasteiger partial charge in [0.1, 0.15) is 0 Å². The Labute approximate surface area is 102 Å². The van der Waals surface area contributed by atoms with Gasteiger partial charge in [-0.3, -0.25) is 0 Å². The average molecular weight is 223 g/mol. The number of nitrogens with two attached hydrogens (primary N) is 1. The van der Waals surface area contributed by atoms with Crippen molar-refractivity contribution in [2.45, 2.75) is 54.0 Å². The second-order valence-corrected chi connectivity index (χ2v) is 4.43. The lowest BCUT2D eigenvalue weighted by Gasteiger charge is -2.29. The predicted molar refractivity (Wildman–Crippen MR) is 76.5 cm³/mol. The van der Waals surface area contributed by atoms with Crippen LogP contribution in [0.1, 0.15) is 48.0 Å². The Kier molecular flexibility index (Phi) is 10.3. The molecule has 0 aromatic heterocycles. The maximum absolute atomic E-state index is 5.93. The van der Waals surface area contributed by atoms with Gasteiger partial charge in [-0.1, -0.05) is 58.6 Å². The molecule has 0 fully saturated rings. The first-order valence-corrected chi connectivity index (χ1v) is 6.14. The van der Waals surface area contributed by atoms with E-state index < -0.39 is 0 Å². The highest BCUT2D eigenvalue weighted by molar-refractivity contribution is 5.24. The molecule has 0 spiro atoms. The molecule has 1 nitrogen and oxygen atoms in total. The molecule has 1 unspecified atom stereocenters. The van der Waals surface area contributed by atoms with E-state index in [2.05, 4.69) is 33.4 Å². The first kappa shape index (κ1) is 17.6. The van der Waals surface area contributed by atoms with E-state index >= 15 is 0 Å². The van der Waals surface area contributed by atoms with Gasteiger partial charge in [0.05, 0.1) is 0 Å². The van der Waals surface area contributed by atoms with E-state index in [-0.39, 0.29) is 11.5 Å². The average Bonchev–Trinajstić information content (AvgIpc) is 2.20. The highest BCUT2D eigenvalue weighted by Gasteiger charge is 2.23. The van der Waals surface area contributed by atoms with Gasteiger partial charge in [-0.15, -0.1) is 0 Å². The van der Waals surface area contributed by atoms with E-state index in [4.69, 9.17) is 5.73 Å². The van der Waals surface area contributed by atoms with Crippen molar-refractivity contribution in [3.8, 4) is 0 Å². The molecule has 0 aliphatic heterocycles. The minimum atomic E-state index is 0.133. The van der Waals surface area contributed by atoms with Gasteiger partial charge in [0.15, 0.2) is 0 Å². The summed E-state index contributed by atoms with van der Waals surface area (Å²) in [5.41, 5.74) is 7.35. The lowest BCUT2D eigenvalue weighted by Crippen LogP contribution is -2.34. The fourth-order valence-electron chi connectivity index (χ4n) is 1.23. The summed E-state index contributed by atoms with van der Waals surface area (Å²) in [5.74, 6) is 0. The summed E-state index contributed by atoms with van der Waals surface area (Å²) in [7, 11) is 0. The smallest absolute Gasteiger partial charge is 0.00649 e. The van der Waals surface area contributed by atoms with Crippen LogP contribution in [-0.2, 0) is 0 Å². The summed E-state index contributed by atoms with van der Waals surface area (Å²) in [6.45, 7) is 16.2. The van der Waals surface area contributed by atoms with Crippen LogP contribution in [0.5, 0.6) is 0 Å². The third kappa shape index (κ3) is 7.47. The summed E-state index contributed by atoms with van der Waals surface area (Å²) in [4.78, 5) is 0. The molecule has 0 radical (unpaired) electrons. The molecule has 2 N–H and O–H groups in total. The summed E-state index contributed by atoms with van der Waals surface area (Å²) < 4.78 is 0. The minimum absolute atomic E-state index is 0.133. The van der Waals surface area contributed by atoms with Crippen LogP contribution in [0.3, 0.4) is 0 Å². The van der Waals surface area contributed by atoms with Crippen molar-refractivity contribution in [1.29, 1.82) is 0 Å². The van der Waals surface area contributed by atoms with Crippen molar-refractivity contribution < 1.29 is 0 Å². The van der Waals surface area contributed by atoms with E-state index in [1.54, 1.807) is 0 Å². The molecule has 0 aliphatic rings. The molecule has 94 valence electrons. The molecule has 16 heavy (non-hydrogen) atoms. The second-order valence-electron chi connectivity index (χ2n) is 4.43. The molecule has 0 heterocycles. The van der Waals surface area contributed by atoms with E-state index in [0.29, 0.717) is 0 Å². The van der Waals surface area contributed by atoms with Crippen molar-refractivity contribution in [2.24, 2.45) is 11.1 Å². The van der Waals surface area contributed by atoms with Crippen LogP contribution in [-0.4, -0.2) is 6.04 Å². The second kappa shape index (κ2) is 9.41. The lowest BCUT2D eigenvalue weighted by atomic mass is 9.79. The third-order valence-corrected chi connectivity index (χ3v) is 2.61. The zero-order chi connectivity index (χ0) is 13.2. The third-order valence-electron chi connectivity index (χ3n) is 2.61. The number of hydrogen-bond donors (Lipinski definition) is 1. The molecule has 1 atom stereocenters. The Hall–Kier alpha value is -0.820. The Balaban J connectivity index is 0. The molecule has 0 aromatic carbocycles. The molecule has 0 aliphatic carbocycles.